The van der Waals surface area contributed by atoms with E-state index < -0.39 is 23.8 Å². The third kappa shape index (κ3) is 3.20. The van der Waals surface area contributed by atoms with Crippen molar-refractivity contribution >= 4 is 12.4 Å². The lowest BCUT2D eigenvalue weighted by molar-refractivity contribution is -0.111. The first kappa shape index (κ1) is 12.0. The molecule has 1 aliphatic heterocycles. The van der Waals surface area contributed by atoms with E-state index in [9.17, 15) is 14.7 Å². The molecule has 1 fully saturated rings. The number of hydrogen-bond donors (Lipinski definition) is 1. The number of aldehydes is 1. The first-order valence-corrected chi connectivity index (χ1v) is 4.96. The topological polar surface area (TPSA) is 66.8 Å². The minimum Gasteiger partial charge on any atom is -0.444 e. The average Bonchev–Trinajstić information content (AvgIpc) is 2.43. The smallest absolute Gasteiger partial charge is 0.410 e. The Hall–Kier alpha value is -1.10. The second-order valence-electron chi connectivity index (χ2n) is 4.73. The van der Waals surface area contributed by atoms with Crippen molar-refractivity contribution in [3.05, 3.63) is 0 Å². The van der Waals surface area contributed by atoms with E-state index in [1.54, 1.807) is 20.8 Å². The Kier molecular flexibility index (Phi) is 3.34. The zero-order chi connectivity index (χ0) is 11.6. The summed E-state index contributed by atoms with van der Waals surface area (Å²) in [6.07, 6.45) is -0.216. The van der Waals surface area contributed by atoms with Crippen LogP contribution in [0.2, 0.25) is 0 Å². The Labute approximate surface area is 89.0 Å². The minimum absolute atomic E-state index is 0.165. The molecule has 0 spiro atoms. The van der Waals surface area contributed by atoms with Gasteiger partial charge in [-0.3, -0.25) is 4.90 Å². The van der Waals surface area contributed by atoms with Gasteiger partial charge >= 0.3 is 6.09 Å². The molecule has 0 bridgehead atoms. The molecule has 1 amide bonds. The molecule has 5 heteroatoms. The van der Waals surface area contributed by atoms with Crippen molar-refractivity contribution in [2.24, 2.45) is 0 Å². The summed E-state index contributed by atoms with van der Waals surface area (Å²) in [5, 5.41) is 9.34. The molecule has 0 aromatic carbocycles. The molecule has 1 heterocycles. The predicted molar refractivity (Wildman–Crippen MR) is 53.4 cm³/mol. The zero-order valence-corrected chi connectivity index (χ0v) is 9.27. The first-order chi connectivity index (χ1) is 6.83. The number of aliphatic hydroxyl groups is 1. The molecule has 86 valence electrons. The van der Waals surface area contributed by atoms with Gasteiger partial charge in [-0.05, 0) is 20.8 Å². The highest BCUT2D eigenvalue weighted by Crippen LogP contribution is 2.19. The predicted octanol–water partition coefficient (Wildman–Crippen LogP) is 0.556. The minimum atomic E-state index is -0.632. The van der Waals surface area contributed by atoms with Gasteiger partial charge < -0.3 is 14.6 Å². The summed E-state index contributed by atoms with van der Waals surface area (Å²) in [4.78, 5) is 23.5. The number of nitrogens with zero attached hydrogens (tertiary/aromatic N) is 1. The van der Waals surface area contributed by atoms with Gasteiger partial charge in [0.15, 0.2) is 0 Å². The van der Waals surface area contributed by atoms with Crippen LogP contribution in [0.4, 0.5) is 4.79 Å². The first-order valence-electron chi connectivity index (χ1n) is 4.96. The van der Waals surface area contributed by atoms with E-state index in [0.717, 1.165) is 0 Å². The molecule has 1 N–H and O–H groups in total. The van der Waals surface area contributed by atoms with Gasteiger partial charge in [0.05, 0.1) is 18.7 Å². The summed E-state index contributed by atoms with van der Waals surface area (Å²) in [5.74, 6) is 0. The quantitative estimate of drug-likeness (QED) is 0.649. The van der Waals surface area contributed by atoms with E-state index in [2.05, 4.69) is 0 Å². The van der Waals surface area contributed by atoms with Crippen molar-refractivity contribution in [2.45, 2.75) is 44.9 Å². The Morgan fingerprint density at radius 2 is 2.13 bits per heavy atom. The van der Waals surface area contributed by atoms with Crippen molar-refractivity contribution in [2.75, 3.05) is 6.54 Å². The third-order valence-corrected chi connectivity index (χ3v) is 2.11. The molecule has 5 nitrogen and oxygen atoms in total. The van der Waals surface area contributed by atoms with E-state index in [4.69, 9.17) is 4.74 Å². The molecular weight excluding hydrogens is 198 g/mol. The van der Waals surface area contributed by atoms with E-state index >= 15 is 0 Å². The van der Waals surface area contributed by atoms with E-state index in [0.29, 0.717) is 12.7 Å². The lowest BCUT2D eigenvalue weighted by Gasteiger charge is -2.26. The number of carbonyl (C=O) groups excluding carboxylic acids is 2. The van der Waals surface area contributed by atoms with Crippen LogP contribution in [0.15, 0.2) is 0 Å². The number of aliphatic hydroxyl groups excluding tert-OH is 1. The molecule has 0 aromatic rings. The van der Waals surface area contributed by atoms with Crippen LogP contribution in [0.5, 0.6) is 0 Å². The third-order valence-electron chi connectivity index (χ3n) is 2.11. The van der Waals surface area contributed by atoms with Gasteiger partial charge in [0.25, 0.3) is 0 Å². The number of likely N-dealkylation sites (tertiary alicyclic amines) is 1. The van der Waals surface area contributed by atoms with Gasteiger partial charge in [0.1, 0.15) is 11.9 Å². The largest absolute Gasteiger partial charge is 0.444 e. The number of carbonyl (C=O) groups is 2. The van der Waals surface area contributed by atoms with Gasteiger partial charge in [-0.25, -0.2) is 4.79 Å². The van der Waals surface area contributed by atoms with Crippen LogP contribution >= 0.6 is 0 Å². The summed E-state index contributed by atoms with van der Waals surface area (Å²) in [6, 6.07) is -0.560. The van der Waals surface area contributed by atoms with Crippen LogP contribution in [-0.4, -0.2) is 46.7 Å². The van der Waals surface area contributed by atoms with E-state index in [1.807, 2.05) is 0 Å². The number of hydrogen-bond acceptors (Lipinski definition) is 4. The van der Waals surface area contributed by atoms with E-state index in [-0.39, 0.29) is 6.54 Å². The van der Waals surface area contributed by atoms with Gasteiger partial charge in [-0.2, -0.15) is 0 Å². The molecule has 0 aromatic heterocycles. The van der Waals surface area contributed by atoms with Gasteiger partial charge in [-0.15, -0.1) is 0 Å². The molecule has 0 saturated carbocycles. The Morgan fingerprint density at radius 1 is 1.53 bits per heavy atom. The van der Waals surface area contributed by atoms with Gasteiger partial charge in [0.2, 0.25) is 0 Å². The maximum absolute atomic E-state index is 11.6. The molecule has 0 unspecified atom stereocenters. The zero-order valence-electron chi connectivity index (χ0n) is 9.27. The number of β-amino-alcohol motifs (C(OH)–C–C–N with tert-alkyl or cyclic N) is 1. The summed E-state index contributed by atoms with van der Waals surface area (Å²) in [5.41, 5.74) is -0.585. The van der Waals surface area contributed by atoms with Crippen molar-refractivity contribution < 1.29 is 19.4 Å². The molecule has 2 atom stereocenters. The second-order valence-corrected chi connectivity index (χ2v) is 4.73. The van der Waals surface area contributed by atoms with Crippen molar-refractivity contribution in [3.63, 3.8) is 0 Å². The SMILES string of the molecule is CC(C)(C)OC(=O)N1C[C@H](O)C[C@@H]1C=O. The van der Waals surface area contributed by atoms with Crippen LogP contribution in [-0.2, 0) is 9.53 Å². The number of ether oxygens (including phenoxy) is 1. The maximum atomic E-state index is 11.6. The van der Waals surface area contributed by atoms with Crippen LogP contribution in [0.3, 0.4) is 0 Å². The lowest BCUT2D eigenvalue weighted by atomic mass is 10.2. The normalized spacial score (nSPS) is 26.5. The van der Waals surface area contributed by atoms with Gasteiger partial charge in [-0.1, -0.05) is 0 Å². The fourth-order valence-electron chi connectivity index (χ4n) is 1.50. The fourth-order valence-corrected chi connectivity index (χ4v) is 1.50. The molecule has 1 aliphatic rings. The molecular formula is C10H17NO4. The van der Waals surface area contributed by atoms with Crippen LogP contribution in [0.1, 0.15) is 27.2 Å². The van der Waals surface area contributed by atoms with Crippen molar-refractivity contribution in [3.8, 4) is 0 Å². The standard InChI is InChI=1S/C10H17NO4/c1-10(2,3)15-9(14)11-5-8(13)4-7(11)6-12/h6-8,13H,4-5H2,1-3H3/t7-,8-/m1/s1. The van der Waals surface area contributed by atoms with Crippen molar-refractivity contribution in [1.82, 2.24) is 4.90 Å². The average molecular weight is 215 g/mol. The molecule has 0 aliphatic carbocycles. The Morgan fingerprint density at radius 3 is 2.60 bits per heavy atom. The Balaban J connectivity index is 2.63. The van der Waals surface area contributed by atoms with Crippen LogP contribution in [0, 0.1) is 0 Å². The highest BCUT2D eigenvalue weighted by molar-refractivity contribution is 5.74. The van der Waals surface area contributed by atoms with Crippen LogP contribution in [0.25, 0.3) is 0 Å². The maximum Gasteiger partial charge on any atom is 0.410 e. The second kappa shape index (κ2) is 4.18. The highest BCUT2D eigenvalue weighted by Gasteiger charge is 2.36. The fraction of sp³-hybridized carbons (Fsp3) is 0.800. The monoisotopic (exact) mass is 215 g/mol. The lowest BCUT2D eigenvalue weighted by Crippen LogP contribution is -2.40. The molecule has 0 radical (unpaired) electrons. The molecule has 1 rings (SSSR count). The summed E-state index contributed by atoms with van der Waals surface area (Å²) < 4.78 is 5.12. The summed E-state index contributed by atoms with van der Waals surface area (Å²) in [6.45, 7) is 5.44. The highest BCUT2D eigenvalue weighted by atomic mass is 16.6. The number of amides is 1. The molecule has 1 saturated heterocycles. The summed E-state index contributed by atoms with van der Waals surface area (Å²) >= 11 is 0. The van der Waals surface area contributed by atoms with Gasteiger partial charge in [0, 0.05) is 6.42 Å². The summed E-state index contributed by atoms with van der Waals surface area (Å²) in [7, 11) is 0. The van der Waals surface area contributed by atoms with E-state index in [1.165, 1.54) is 4.90 Å². The molecule has 15 heavy (non-hydrogen) atoms. The number of rotatable bonds is 1. The van der Waals surface area contributed by atoms with Crippen LogP contribution < -0.4 is 0 Å². The van der Waals surface area contributed by atoms with Crippen molar-refractivity contribution in [1.29, 1.82) is 0 Å². The Bertz CT molecular complexity index is 259.